The fourth-order valence-corrected chi connectivity index (χ4v) is 4.16. The van der Waals surface area contributed by atoms with E-state index in [1.807, 2.05) is 24.3 Å². The molecule has 1 aromatic heterocycles. The summed E-state index contributed by atoms with van der Waals surface area (Å²) in [5.41, 5.74) is 0.654. The summed E-state index contributed by atoms with van der Waals surface area (Å²) in [6, 6.07) is 14.2. The number of anilines is 1. The Morgan fingerprint density at radius 1 is 1.19 bits per heavy atom. The molecule has 134 valence electrons. The van der Waals surface area contributed by atoms with Crippen LogP contribution in [-0.2, 0) is 0 Å². The van der Waals surface area contributed by atoms with Gasteiger partial charge in [0.15, 0.2) is 0 Å². The SMILES string of the molecule is CC1[C@@H]2C[C@H](Oc3ccc(C#N)cc3)CN2CCN1c1ccc(Cl)cn1. The number of nitrogens with zero attached hydrogens (tertiary/aromatic N) is 4. The summed E-state index contributed by atoms with van der Waals surface area (Å²) >= 11 is 5.97. The molecule has 2 aliphatic heterocycles. The van der Waals surface area contributed by atoms with E-state index in [0.29, 0.717) is 22.7 Å². The Labute approximate surface area is 158 Å². The first-order valence-electron chi connectivity index (χ1n) is 8.93. The van der Waals surface area contributed by atoms with Crippen LogP contribution >= 0.6 is 11.6 Å². The van der Waals surface area contributed by atoms with Crippen molar-refractivity contribution in [2.75, 3.05) is 24.5 Å². The highest BCUT2D eigenvalue weighted by Crippen LogP contribution is 2.31. The lowest BCUT2D eigenvalue weighted by Gasteiger charge is -2.43. The molecule has 0 amide bonds. The largest absolute Gasteiger partial charge is 0.489 e. The fourth-order valence-electron chi connectivity index (χ4n) is 4.04. The minimum absolute atomic E-state index is 0.175. The molecule has 0 radical (unpaired) electrons. The maximum Gasteiger partial charge on any atom is 0.128 e. The van der Waals surface area contributed by atoms with E-state index >= 15 is 0 Å². The Kier molecular flexibility index (Phi) is 4.71. The van der Waals surface area contributed by atoms with Crippen molar-refractivity contribution in [2.45, 2.75) is 31.5 Å². The van der Waals surface area contributed by atoms with Gasteiger partial charge in [0, 0.05) is 44.3 Å². The summed E-state index contributed by atoms with van der Waals surface area (Å²) in [6.45, 7) is 5.16. The molecule has 26 heavy (non-hydrogen) atoms. The van der Waals surface area contributed by atoms with Crippen LogP contribution in [0.3, 0.4) is 0 Å². The van der Waals surface area contributed by atoms with Gasteiger partial charge >= 0.3 is 0 Å². The Morgan fingerprint density at radius 2 is 2.00 bits per heavy atom. The lowest BCUT2D eigenvalue weighted by Crippen LogP contribution is -2.56. The topological polar surface area (TPSA) is 52.4 Å². The molecule has 0 spiro atoms. The number of halogens is 1. The van der Waals surface area contributed by atoms with Crippen LogP contribution in [0.5, 0.6) is 5.75 Å². The maximum atomic E-state index is 8.90. The minimum Gasteiger partial charge on any atom is -0.489 e. The monoisotopic (exact) mass is 368 g/mol. The first-order chi connectivity index (χ1) is 12.6. The van der Waals surface area contributed by atoms with E-state index in [0.717, 1.165) is 37.6 Å². The quantitative estimate of drug-likeness (QED) is 0.831. The molecule has 1 aromatic carbocycles. The number of ether oxygens (including phenoxy) is 1. The standard InChI is InChI=1S/C20H21ClN4O/c1-14-19-10-18(26-17-5-2-15(11-22)3-6-17)13-24(19)8-9-25(14)20-7-4-16(21)12-23-20/h2-7,12,14,18-19H,8-10,13H2,1H3/t14?,18-,19-/m0/s1. The third-order valence-electron chi connectivity index (χ3n) is 5.38. The van der Waals surface area contributed by atoms with Crippen LogP contribution in [0.2, 0.25) is 5.02 Å². The molecule has 4 rings (SSSR count). The molecule has 2 saturated heterocycles. The lowest BCUT2D eigenvalue weighted by atomic mass is 10.0. The van der Waals surface area contributed by atoms with Gasteiger partial charge in [0.2, 0.25) is 0 Å². The molecule has 2 aliphatic rings. The number of nitriles is 1. The normalized spacial score (nSPS) is 25.6. The van der Waals surface area contributed by atoms with Gasteiger partial charge in [-0.2, -0.15) is 5.26 Å². The second-order valence-corrected chi connectivity index (χ2v) is 7.38. The van der Waals surface area contributed by atoms with Crippen molar-refractivity contribution in [3.05, 3.63) is 53.2 Å². The summed E-state index contributed by atoms with van der Waals surface area (Å²) in [4.78, 5) is 9.37. The summed E-state index contributed by atoms with van der Waals surface area (Å²) < 4.78 is 6.17. The van der Waals surface area contributed by atoms with Crippen LogP contribution in [0.4, 0.5) is 5.82 Å². The summed E-state index contributed by atoms with van der Waals surface area (Å²) in [5.74, 6) is 1.82. The molecule has 0 saturated carbocycles. The van der Waals surface area contributed by atoms with Crippen LogP contribution < -0.4 is 9.64 Å². The van der Waals surface area contributed by atoms with Crippen LogP contribution in [0.25, 0.3) is 0 Å². The van der Waals surface area contributed by atoms with Crippen molar-refractivity contribution in [1.29, 1.82) is 5.26 Å². The van der Waals surface area contributed by atoms with Gasteiger partial charge in [0.25, 0.3) is 0 Å². The molecule has 0 bridgehead atoms. The van der Waals surface area contributed by atoms with Gasteiger partial charge in [-0.05, 0) is 43.3 Å². The summed E-state index contributed by atoms with van der Waals surface area (Å²) in [7, 11) is 0. The van der Waals surface area contributed by atoms with Crippen molar-refractivity contribution < 1.29 is 4.74 Å². The average molecular weight is 369 g/mol. The van der Waals surface area contributed by atoms with Gasteiger partial charge in [-0.3, -0.25) is 4.90 Å². The first kappa shape index (κ1) is 17.1. The second-order valence-electron chi connectivity index (χ2n) is 6.94. The zero-order valence-corrected chi connectivity index (χ0v) is 15.4. The fraction of sp³-hybridized carbons (Fsp3) is 0.400. The van der Waals surface area contributed by atoms with E-state index in [4.69, 9.17) is 21.6 Å². The van der Waals surface area contributed by atoms with Crippen LogP contribution in [0, 0.1) is 11.3 Å². The molecular formula is C20H21ClN4O. The van der Waals surface area contributed by atoms with Crippen LogP contribution in [0.1, 0.15) is 18.9 Å². The maximum absolute atomic E-state index is 8.90. The number of pyridine rings is 1. The van der Waals surface area contributed by atoms with Crippen molar-refractivity contribution in [3.63, 3.8) is 0 Å². The van der Waals surface area contributed by atoms with E-state index in [1.54, 1.807) is 18.3 Å². The van der Waals surface area contributed by atoms with Crippen LogP contribution in [-0.4, -0.2) is 47.7 Å². The molecule has 1 unspecified atom stereocenters. The number of benzene rings is 1. The van der Waals surface area contributed by atoms with Gasteiger partial charge in [-0.1, -0.05) is 11.6 Å². The molecular weight excluding hydrogens is 348 g/mol. The van der Waals surface area contributed by atoms with Gasteiger partial charge < -0.3 is 9.64 Å². The third kappa shape index (κ3) is 3.35. The van der Waals surface area contributed by atoms with E-state index in [2.05, 4.69) is 27.8 Å². The number of rotatable bonds is 3. The minimum atomic E-state index is 0.175. The molecule has 5 nitrogen and oxygen atoms in total. The molecule has 6 heteroatoms. The highest BCUT2D eigenvalue weighted by molar-refractivity contribution is 6.30. The smallest absolute Gasteiger partial charge is 0.128 e. The van der Waals surface area contributed by atoms with Gasteiger partial charge in [-0.25, -0.2) is 4.98 Å². The number of hydrogen-bond donors (Lipinski definition) is 0. The number of fused-ring (bicyclic) bond motifs is 1. The Bertz CT molecular complexity index is 802. The summed E-state index contributed by atoms with van der Waals surface area (Å²) in [6.07, 6.45) is 2.88. The van der Waals surface area contributed by atoms with E-state index in [-0.39, 0.29) is 6.10 Å². The van der Waals surface area contributed by atoms with Gasteiger partial charge in [-0.15, -0.1) is 0 Å². The molecule has 0 aliphatic carbocycles. The molecule has 0 N–H and O–H groups in total. The Balaban J connectivity index is 1.43. The summed E-state index contributed by atoms with van der Waals surface area (Å²) in [5, 5.41) is 9.57. The highest BCUT2D eigenvalue weighted by atomic mass is 35.5. The zero-order valence-electron chi connectivity index (χ0n) is 14.7. The van der Waals surface area contributed by atoms with E-state index in [1.165, 1.54) is 0 Å². The number of aromatic nitrogens is 1. The molecule has 2 aromatic rings. The number of hydrogen-bond acceptors (Lipinski definition) is 5. The lowest BCUT2D eigenvalue weighted by molar-refractivity contribution is 0.179. The highest BCUT2D eigenvalue weighted by Gasteiger charge is 2.42. The van der Waals surface area contributed by atoms with Gasteiger partial charge in [0.05, 0.1) is 16.7 Å². The predicted octanol–water partition coefficient (Wildman–Crippen LogP) is 3.34. The van der Waals surface area contributed by atoms with Gasteiger partial charge in [0.1, 0.15) is 17.7 Å². The van der Waals surface area contributed by atoms with Crippen LogP contribution in [0.15, 0.2) is 42.6 Å². The number of piperazine rings is 1. The molecule has 3 heterocycles. The molecule has 2 fully saturated rings. The van der Waals surface area contributed by atoms with Crippen molar-refractivity contribution in [1.82, 2.24) is 9.88 Å². The second kappa shape index (κ2) is 7.14. The molecule has 3 atom stereocenters. The third-order valence-corrected chi connectivity index (χ3v) is 5.60. The van der Waals surface area contributed by atoms with E-state index < -0.39 is 0 Å². The van der Waals surface area contributed by atoms with Crippen molar-refractivity contribution in [3.8, 4) is 11.8 Å². The Morgan fingerprint density at radius 3 is 2.69 bits per heavy atom. The first-order valence-corrected chi connectivity index (χ1v) is 9.31. The van der Waals surface area contributed by atoms with Crippen molar-refractivity contribution >= 4 is 17.4 Å². The zero-order chi connectivity index (χ0) is 18.1. The predicted molar refractivity (Wildman–Crippen MR) is 102 cm³/mol. The van der Waals surface area contributed by atoms with E-state index in [9.17, 15) is 0 Å². The van der Waals surface area contributed by atoms with Crippen molar-refractivity contribution in [2.24, 2.45) is 0 Å². The average Bonchev–Trinajstić information content (AvgIpc) is 3.07. The Hall–Kier alpha value is -2.29.